The van der Waals surface area contributed by atoms with Gasteiger partial charge in [0.1, 0.15) is 12.6 Å². The van der Waals surface area contributed by atoms with Crippen LogP contribution in [0, 0.1) is 0 Å². The van der Waals surface area contributed by atoms with Crippen molar-refractivity contribution in [1.82, 2.24) is 10.6 Å². The zero-order valence-electron chi connectivity index (χ0n) is 13.7. The van der Waals surface area contributed by atoms with Gasteiger partial charge in [0.25, 0.3) is 0 Å². The van der Waals surface area contributed by atoms with E-state index in [1.807, 2.05) is 0 Å². The van der Waals surface area contributed by atoms with Gasteiger partial charge in [-0.25, -0.2) is 4.79 Å². The molecule has 0 aliphatic heterocycles. The van der Waals surface area contributed by atoms with Crippen molar-refractivity contribution in [1.29, 1.82) is 0 Å². The second-order valence-electron chi connectivity index (χ2n) is 4.89. The smallest absolute Gasteiger partial charge is 0.319 e. The van der Waals surface area contributed by atoms with E-state index in [1.165, 1.54) is 19.2 Å². The van der Waals surface area contributed by atoms with E-state index in [4.69, 9.17) is 16.3 Å². The maximum Gasteiger partial charge on any atom is 0.319 e. The summed E-state index contributed by atoms with van der Waals surface area (Å²) in [5.74, 6) is -0.626. The molecule has 1 rings (SSSR count). The molecular formula is C15H21ClN4O4. The average Bonchev–Trinajstić information content (AvgIpc) is 2.51. The summed E-state index contributed by atoms with van der Waals surface area (Å²) in [7, 11) is 1.41. The highest BCUT2D eigenvalue weighted by Crippen LogP contribution is 2.25. The number of benzene rings is 1. The van der Waals surface area contributed by atoms with Crippen molar-refractivity contribution in [2.45, 2.75) is 19.9 Å². The minimum Gasteiger partial charge on any atom is -0.375 e. The highest BCUT2D eigenvalue weighted by atomic mass is 35.5. The number of hydrogen-bond donors (Lipinski definition) is 4. The summed E-state index contributed by atoms with van der Waals surface area (Å²) in [6.07, 6.45) is 0. The van der Waals surface area contributed by atoms with E-state index in [0.717, 1.165) is 0 Å². The number of nitrogens with one attached hydrogen (secondary N) is 4. The fourth-order valence-electron chi connectivity index (χ4n) is 1.77. The molecule has 0 saturated heterocycles. The van der Waals surface area contributed by atoms with Crippen LogP contribution in [0.3, 0.4) is 0 Å². The van der Waals surface area contributed by atoms with Crippen molar-refractivity contribution in [2.24, 2.45) is 0 Å². The molecule has 0 aromatic heterocycles. The predicted molar refractivity (Wildman–Crippen MR) is 92.3 cm³/mol. The third-order valence-electron chi connectivity index (χ3n) is 2.87. The maximum atomic E-state index is 12.0. The Bertz CT molecular complexity index is 609. The Morgan fingerprint density at radius 3 is 2.58 bits per heavy atom. The van der Waals surface area contributed by atoms with E-state index in [-0.39, 0.29) is 18.4 Å². The van der Waals surface area contributed by atoms with Gasteiger partial charge in [-0.3, -0.25) is 9.59 Å². The van der Waals surface area contributed by atoms with Crippen LogP contribution in [0.25, 0.3) is 0 Å². The highest BCUT2D eigenvalue weighted by Gasteiger charge is 2.15. The number of hydrogen-bond acceptors (Lipinski definition) is 4. The Morgan fingerprint density at radius 2 is 1.96 bits per heavy atom. The van der Waals surface area contributed by atoms with Gasteiger partial charge in [0.05, 0.1) is 10.7 Å². The summed E-state index contributed by atoms with van der Waals surface area (Å²) in [5.41, 5.74) is 0.751. The lowest BCUT2D eigenvalue weighted by molar-refractivity contribution is -0.122. The number of rotatable bonds is 7. The van der Waals surface area contributed by atoms with Gasteiger partial charge < -0.3 is 26.0 Å². The molecule has 1 aromatic carbocycles. The average molecular weight is 357 g/mol. The van der Waals surface area contributed by atoms with Crippen LogP contribution in [0.15, 0.2) is 18.2 Å². The summed E-state index contributed by atoms with van der Waals surface area (Å²) in [6.45, 7) is 3.73. The van der Waals surface area contributed by atoms with Crippen molar-refractivity contribution < 1.29 is 19.1 Å². The van der Waals surface area contributed by atoms with Gasteiger partial charge in [0, 0.05) is 19.3 Å². The highest BCUT2D eigenvalue weighted by molar-refractivity contribution is 6.33. The Labute approximate surface area is 145 Å². The lowest BCUT2D eigenvalue weighted by Gasteiger charge is -2.15. The Morgan fingerprint density at radius 1 is 1.25 bits per heavy atom. The molecule has 4 amide bonds. The molecule has 0 aliphatic rings. The van der Waals surface area contributed by atoms with Gasteiger partial charge >= 0.3 is 6.03 Å². The van der Waals surface area contributed by atoms with E-state index < -0.39 is 12.1 Å². The Balaban J connectivity index is 2.70. The van der Waals surface area contributed by atoms with Crippen molar-refractivity contribution in [2.75, 3.05) is 30.9 Å². The van der Waals surface area contributed by atoms with Crippen molar-refractivity contribution >= 4 is 40.8 Å². The molecule has 0 bridgehead atoms. The normalized spacial score (nSPS) is 11.3. The van der Waals surface area contributed by atoms with Crippen molar-refractivity contribution in [3.63, 3.8) is 0 Å². The molecule has 0 saturated carbocycles. The summed E-state index contributed by atoms with van der Waals surface area (Å²) < 4.78 is 4.72. The predicted octanol–water partition coefficient (Wildman–Crippen LogP) is 1.57. The van der Waals surface area contributed by atoms with Gasteiger partial charge in [0.2, 0.25) is 11.8 Å². The zero-order chi connectivity index (χ0) is 18.1. The lowest BCUT2D eigenvalue weighted by Crippen LogP contribution is -2.46. The monoisotopic (exact) mass is 356 g/mol. The molecule has 8 nitrogen and oxygen atoms in total. The molecule has 4 N–H and O–H groups in total. The van der Waals surface area contributed by atoms with Crippen LogP contribution in [-0.4, -0.2) is 44.1 Å². The molecular weight excluding hydrogens is 336 g/mol. The van der Waals surface area contributed by atoms with Crippen molar-refractivity contribution in [3.8, 4) is 0 Å². The minimum absolute atomic E-state index is 0.0874. The SMILES string of the molecule is CCNC(=O)C(C)NC(=O)Nc1cc(NC(=O)COC)ccc1Cl. The van der Waals surface area contributed by atoms with Crippen LogP contribution >= 0.6 is 11.6 Å². The van der Waals surface area contributed by atoms with Crippen LogP contribution in [0.5, 0.6) is 0 Å². The van der Waals surface area contributed by atoms with Crippen LogP contribution in [-0.2, 0) is 14.3 Å². The minimum atomic E-state index is -0.701. The summed E-state index contributed by atoms with van der Waals surface area (Å²) >= 11 is 6.03. The largest absolute Gasteiger partial charge is 0.375 e. The summed E-state index contributed by atoms with van der Waals surface area (Å²) in [6, 6.07) is 3.35. The van der Waals surface area contributed by atoms with Crippen LogP contribution in [0.4, 0.5) is 16.2 Å². The number of carbonyl (C=O) groups is 3. The van der Waals surface area contributed by atoms with Gasteiger partial charge in [-0.2, -0.15) is 0 Å². The number of anilines is 2. The van der Waals surface area contributed by atoms with Crippen LogP contribution in [0.1, 0.15) is 13.8 Å². The molecule has 0 heterocycles. The van der Waals surface area contributed by atoms with E-state index >= 15 is 0 Å². The molecule has 1 atom stereocenters. The molecule has 132 valence electrons. The topological polar surface area (TPSA) is 109 Å². The van der Waals surface area contributed by atoms with E-state index in [9.17, 15) is 14.4 Å². The number of carbonyl (C=O) groups excluding carboxylic acids is 3. The maximum absolute atomic E-state index is 12.0. The van der Waals surface area contributed by atoms with Gasteiger partial charge in [-0.15, -0.1) is 0 Å². The fraction of sp³-hybridized carbons (Fsp3) is 0.400. The molecule has 9 heteroatoms. The van der Waals surface area contributed by atoms with Crippen LogP contribution in [0.2, 0.25) is 5.02 Å². The number of urea groups is 1. The number of amides is 4. The second-order valence-corrected chi connectivity index (χ2v) is 5.30. The molecule has 0 radical (unpaired) electrons. The first-order valence-corrected chi connectivity index (χ1v) is 7.68. The van der Waals surface area contributed by atoms with E-state index in [1.54, 1.807) is 19.9 Å². The number of ether oxygens (including phenoxy) is 1. The second kappa shape index (κ2) is 9.74. The molecule has 0 fully saturated rings. The first kappa shape index (κ1) is 19.7. The summed E-state index contributed by atoms with van der Waals surface area (Å²) in [5, 5.41) is 10.5. The third-order valence-corrected chi connectivity index (χ3v) is 3.20. The molecule has 1 unspecified atom stereocenters. The zero-order valence-corrected chi connectivity index (χ0v) is 14.5. The molecule has 1 aromatic rings. The quantitative estimate of drug-likeness (QED) is 0.594. The molecule has 0 aliphatic carbocycles. The lowest BCUT2D eigenvalue weighted by atomic mass is 10.2. The Hall–Kier alpha value is -2.32. The molecule has 0 spiro atoms. The third kappa shape index (κ3) is 6.43. The molecule has 24 heavy (non-hydrogen) atoms. The standard InChI is InChI=1S/C15H21ClN4O4/c1-4-17-14(22)9(2)18-15(23)20-12-7-10(5-6-11(12)16)19-13(21)8-24-3/h5-7,9H,4,8H2,1-3H3,(H,17,22)(H,19,21)(H2,18,20,23). The Kier molecular flexibility index (Phi) is 8.00. The van der Waals surface area contributed by atoms with E-state index in [0.29, 0.717) is 22.9 Å². The van der Waals surface area contributed by atoms with Crippen LogP contribution < -0.4 is 21.3 Å². The van der Waals surface area contributed by atoms with Gasteiger partial charge in [-0.1, -0.05) is 11.6 Å². The van der Waals surface area contributed by atoms with E-state index in [2.05, 4.69) is 21.3 Å². The van der Waals surface area contributed by atoms with Gasteiger partial charge in [0.15, 0.2) is 0 Å². The first-order chi connectivity index (χ1) is 11.4. The van der Waals surface area contributed by atoms with Gasteiger partial charge in [-0.05, 0) is 32.0 Å². The number of halogens is 1. The number of likely N-dealkylation sites (N-methyl/N-ethyl adjacent to an activating group) is 1. The summed E-state index contributed by atoms with van der Waals surface area (Å²) in [4.78, 5) is 35.0. The first-order valence-electron chi connectivity index (χ1n) is 7.31. The van der Waals surface area contributed by atoms with Crippen molar-refractivity contribution in [3.05, 3.63) is 23.2 Å². The fourth-order valence-corrected chi connectivity index (χ4v) is 1.94. The number of methoxy groups -OCH3 is 1.